The summed E-state index contributed by atoms with van der Waals surface area (Å²) in [7, 11) is 0. The molecule has 0 aliphatic carbocycles. The molecule has 2 heterocycles. The first kappa shape index (κ1) is 17.7. The van der Waals surface area contributed by atoms with Crippen molar-refractivity contribution in [3.8, 4) is 11.3 Å². The van der Waals surface area contributed by atoms with Crippen LogP contribution in [0.5, 0.6) is 0 Å². The highest BCUT2D eigenvalue weighted by molar-refractivity contribution is 6.35. The third kappa shape index (κ3) is 3.61. The second-order valence-corrected chi connectivity index (χ2v) is 5.93. The van der Waals surface area contributed by atoms with Crippen molar-refractivity contribution in [2.24, 2.45) is 0 Å². The summed E-state index contributed by atoms with van der Waals surface area (Å²) in [4.78, 5) is 37.0. The van der Waals surface area contributed by atoms with E-state index in [1.807, 2.05) is 0 Å². The van der Waals surface area contributed by atoms with Gasteiger partial charge in [0.2, 0.25) is 0 Å². The molecule has 0 atom stereocenters. The molecule has 3 aromatic rings. The SMILES string of the molecule is O=c1[nH]c(/C=C\c2ccc(-c3cc(Cl)ccc3Cl)o2)c([N+](=O)[O-])c(=O)[nH]1. The minimum Gasteiger partial charge on any atom is -0.457 e. The fourth-order valence-electron chi connectivity index (χ4n) is 2.24. The molecule has 0 aliphatic rings. The van der Waals surface area contributed by atoms with Gasteiger partial charge in [0.25, 0.3) is 0 Å². The molecule has 8 nitrogen and oxygen atoms in total. The van der Waals surface area contributed by atoms with Crippen LogP contribution in [0.15, 0.2) is 44.3 Å². The quantitative estimate of drug-likeness (QED) is 0.516. The number of benzene rings is 1. The van der Waals surface area contributed by atoms with Crippen LogP contribution in [0.3, 0.4) is 0 Å². The Morgan fingerprint density at radius 2 is 1.85 bits per heavy atom. The summed E-state index contributed by atoms with van der Waals surface area (Å²) in [6.45, 7) is 0. The first-order chi connectivity index (χ1) is 12.3. The van der Waals surface area contributed by atoms with E-state index in [-0.39, 0.29) is 5.69 Å². The number of nitro groups is 1. The highest BCUT2D eigenvalue weighted by atomic mass is 35.5. The molecule has 0 unspecified atom stereocenters. The van der Waals surface area contributed by atoms with E-state index >= 15 is 0 Å². The van der Waals surface area contributed by atoms with Crippen LogP contribution in [0.1, 0.15) is 11.5 Å². The van der Waals surface area contributed by atoms with Gasteiger partial charge >= 0.3 is 16.9 Å². The van der Waals surface area contributed by atoms with Gasteiger partial charge in [-0.25, -0.2) is 4.79 Å². The fourth-order valence-corrected chi connectivity index (χ4v) is 2.62. The number of aromatic amines is 2. The average molecular weight is 394 g/mol. The standard InChI is InChI=1S/C16H9Cl2N3O5/c17-8-1-4-11(18)10(7-8)13-6-3-9(26-13)2-5-12-14(21(24)25)15(22)20-16(23)19-12/h1-7H,(H2,19,20,22,23)/b5-2-. The lowest BCUT2D eigenvalue weighted by Crippen LogP contribution is -2.25. The molecule has 0 fully saturated rings. The highest BCUT2D eigenvalue weighted by Crippen LogP contribution is 2.32. The van der Waals surface area contributed by atoms with Gasteiger partial charge in [-0.15, -0.1) is 0 Å². The van der Waals surface area contributed by atoms with Gasteiger partial charge in [0, 0.05) is 10.6 Å². The molecule has 132 valence electrons. The Balaban J connectivity index is 1.98. The van der Waals surface area contributed by atoms with E-state index in [2.05, 4.69) is 4.98 Å². The molecule has 0 spiro atoms. The average Bonchev–Trinajstić information content (AvgIpc) is 3.03. The van der Waals surface area contributed by atoms with Gasteiger partial charge in [-0.05, 0) is 42.5 Å². The second kappa shape index (κ2) is 7.03. The van der Waals surface area contributed by atoms with Gasteiger partial charge in [0.1, 0.15) is 17.2 Å². The van der Waals surface area contributed by atoms with Gasteiger partial charge in [0.05, 0.1) is 9.95 Å². The van der Waals surface area contributed by atoms with Crippen LogP contribution in [0, 0.1) is 10.1 Å². The predicted octanol–water partition coefficient (Wildman–Crippen LogP) is 3.71. The number of H-pyrrole nitrogens is 2. The van der Waals surface area contributed by atoms with Crippen molar-refractivity contribution in [3.05, 3.63) is 82.8 Å². The van der Waals surface area contributed by atoms with Gasteiger partial charge in [-0.3, -0.25) is 19.9 Å². The molecule has 0 saturated heterocycles. The Hall–Kier alpha value is -3.10. The predicted molar refractivity (Wildman–Crippen MR) is 97.4 cm³/mol. The number of nitrogens with zero attached hydrogens (tertiary/aromatic N) is 1. The Bertz CT molecular complexity index is 1140. The van der Waals surface area contributed by atoms with Crippen molar-refractivity contribution in [1.82, 2.24) is 9.97 Å². The Morgan fingerprint density at radius 3 is 2.58 bits per heavy atom. The number of aromatic nitrogens is 2. The maximum atomic E-state index is 11.6. The monoisotopic (exact) mass is 393 g/mol. The zero-order valence-electron chi connectivity index (χ0n) is 12.8. The lowest BCUT2D eigenvalue weighted by molar-refractivity contribution is -0.386. The summed E-state index contributed by atoms with van der Waals surface area (Å²) in [5, 5.41) is 11.9. The van der Waals surface area contributed by atoms with Crippen LogP contribution in [-0.4, -0.2) is 14.9 Å². The largest absolute Gasteiger partial charge is 0.457 e. The number of rotatable bonds is 4. The molecule has 0 saturated carbocycles. The Labute approximate surface area is 154 Å². The van der Waals surface area contributed by atoms with E-state index in [1.54, 1.807) is 35.3 Å². The maximum absolute atomic E-state index is 11.6. The number of furan rings is 1. The zero-order chi connectivity index (χ0) is 18.8. The summed E-state index contributed by atoms with van der Waals surface area (Å²) in [6.07, 6.45) is 2.58. The summed E-state index contributed by atoms with van der Waals surface area (Å²) < 4.78 is 5.61. The zero-order valence-corrected chi connectivity index (χ0v) is 14.3. The first-order valence-electron chi connectivity index (χ1n) is 7.09. The van der Waals surface area contributed by atoms with Crippen LogP contribution >= 0.6 is 23.2 Å². The second-order valence-electron chi connectivity index (χ2n) is 5.09. The maximum Gasteiger partial charge on any atom is 0.357 e. The molecule has 1 aromatic carbocycles. The molecule has 10 heteroatoms. The number of halogens is 2. The lowest BCUT2D eigenvalue weighted by Gasteiger charge is -2.01. The Morgan fingerprint density at radius 1 is 1.08 bits per heavy atom. The van der Waals surface area contributed by atoms with Crippen LogP contribution in [-0.2, 0) is 0 Å². The van der Waals surface area contributed by atoms with Crippen molar-refractivity contribution in [3.63, 3.8) is 0 Å². The van der Waals surface area contributed by atoms with Crippen molar-refractivity contribution < 1.29 is 9.34 Å². The Kier molecular flexibility index (Phi) is 4.79. The van der Waals surface area contributed by atoms with E-state index in [9.17, 15) is 19.7 Å². The molecular weight excluding hydrogens is 385 g/mol. The molecule has 0 radical (unpaired) electrons. The third-order valence-electron chi connectivity index (χ3n) is 3.36. The minimum atomic E-state index is -1.09. The minimum absolute atomic E-state index is 0.248. The van der Waals surface area contributed by atoms with Crippen LogP contribution in [0.2, 0.25) is 10.0 Å². The number of hydrogen-bond acceptors (Lipinski definition) is 5. The first-order valence-corrected chi connectivity index (χ1v) is 7.85. The van der Waals surface area contributed by atoms with Crippen molar-refractivity contribution in [2.75, 3.05) is 0 Å². The summed E-state index contributed by atoms with van der Waals surface area (Å²) >= 11 is 12.1. The van der Waals surface area contributed by atoms with E-state index < -0.39 is 21.9 Å². The molecule has 26 heavy (non-hydrogen) atoms. The van der Waals surface area contributed by atoms with Crippen molar-refractivity contribution >= 4 is 41.0 Å². The van der Waals surface area contributed by atoms with Gasteiger partial charge in [0.15, 0.2) is 0 Å². The van der Waals surface area contributed by atoms with Gasteiger partial charge in [-0.1, -0.05) is 23.2 Å². The van der Waals surface area contributed by atoms with Gasteiger partial charge in [-0.2, -0.15) is 0 Å². The van der Waals surface area contributed by atoms with E-state index in [0.29, 0.717) is 27.1 Å². The van der Waals surface area contributed by atoms with Crippen molar-refractivity contribution in [1.29, 1.82) is 0 Å². The third-order valence-corrected chi connectivity index (χ3v) is 3.93. The number of nitrogens with one attached hydrogen (secondary N) is 2. The van der Waals surface area contributed by atoms with E-state index in [4.69, 9.17) is 27.6 Å². The number of hydrogen-bond donors (Lipinski definition) is 2. The molecule has 2 aromatic heterocycles. The van der Waals surface area contributed by atoms with E-state index in [1.165, 1.54) is 12.2 Å². The molecule has 0 bridgehead atoms. The van der Waals surface area contributed by atoms with Crippen LogP contribution in [0.4, 0.5) is 5.69 Å². The lowest BCUT2D eigenvalue weighted by atomic mass is 10.2. The highest BCUT2D eigenvalue weighted by Gasteiger charge is 2.19. The summed E-state index contributed by atoms with van der Waals surface area (Å²) in [5.41, 5.74) is -2.39. The fraction of sp³-hybridized carbons (Fsp3) is 0. The molecule has 2 N–H and O–H groups in total. The topological polar surface area (TPSA) is 122 Å². The van der Waals surface area contributed by atoms with Gasteiger partial charge < -0.3 is 9.40 Å². The summed E-state index contributed by atoms with van der Waals surface area (Å²) in [6, 6.07) is 8.14. The molecule has 0 aliphatic heterocycles. The summed E-state index contributed by atoms with van der Waals surface area (Å²) in [5.74, 6) is 0.762. The smallest absolute Gasteiger partial charge is 0.357 e. The van der Waals surface area contributed by atoms with Crippen LogP contribution in [0.25, 0.3) is 23.5 Å². The molecule has 0 amide bonds. The normalized spacial score (nSPS) is 11.2. The van der Waals surface area contributed by atoms with E-state index in [0.717, 1.165) is 0 Å². The molecule has 3 rings (SSSR count). The van der Waals surface area contributed by atoms with Crippen molar-refractivity contribution in [2.45, 2.75) is 0 Å². The molecular formula is C16H9Cl2N3O5. The van der Waals surface area contributed by atoms with Crippen LogP contribution < -0.4 is 11.2 Å².